The number of hydrogen-bond donors (Lipinski definition) is 0. The summed E-state index contributed by atoms with van der Waals surface area (Å²) in [5, 5.41) is 0. The van der Waals surface area contributed by atoms with Gasteiger partial charge in [-0.1, -0.05) is 64.7 Å². The van der Waals surface area contributed by atoms with E-state index in [1.807, 2.05) is 0 Å². The predicted octanol–water partition coefficient (Wildman–Crippen LogP) is 6.02. The number of carbonyl (C=O) groups is 1. The molecule has 0 aromatic heterocycles. The van der Waals surface area contributed by atoms with Gasteiger partial charge in [0.25, 0.3) is 0 Å². The van der Waals surface area contributed by atoms with Gasteiger partial charge < -0.3 is 14.2 Å². The number of rotatable bonds is 19. The molecule has 0 aromatic carbocycles. The fraction of sp³-hybridized carbons (Fsp3) is 0.952. The molecule has 0 fully saturated rings. The fourth-order valence-electron chi connectivity index (χ4n) is 3.07. The standard InChI is InChI=1S/C21H42O4/c1-4-5-13-16-21(25-20(2)22)17-14-11-9-7-6-8-10-12-15-18-24-19-23-3/h21H,4-19H2,1-3H3/t21-/m1/s1. The summed E-state index contributed by atoms with van der Waals surface area (Å²) in [6, 6.07) is 0. The monoisotopic (exact) mass is 358 g/mol. The summed E-state index contributed by atoms with van der Waals surface area (Å²) in [5.41, 5.74) is 0. The van der Waals surface area contributed by atoms with E-state index < -0.39 is 0 Å². The topological polar surface area (TPSA) is 44.8 Å². The minimum atomic E-state index is -0.130. The van der Waals surface area contributed by atoms with Crippen LogP contribution in [0.4, 0.5) is 0 Å². The number of ether oxygens (including phenoxy) is 3. The zero-order chi connectivity index (χ0) is 18.6. The lowest BCUT2D eigenvalue weighted by Crippen LogP contribution is -2.16. The van der Waals surface area contributed by atoms with E-state index in [1.54, 1.807) is 7.11 Å². The van der Waals surface area contributed by atoms with E-state index in [0.717, 1.165) is 25.9 Å². The lowest BCUT2D eigenvalue weighted by molar-refractivity contribution is -0.147. The molecule has 0 aliphatic rings. The molecule has 0 N–H and O–H groups in total. The molecule has 150 valence electrons. The molecule has 0 bridgehead atoms. The van der Waals surface area contributed by atoms with Gasteiger partial charge in [-0.3, -0.25) is 4.79 Å². The molecule has 4 heteroatoms. The van der Waals surface area contributed by atoms with Gasteiger partial charge in [0.05, 0.1) is 0 Å². The van der Waals surface area contributed by atoms with Crippen molar-refractivity contribution in [2.75, 3.05) is 20.5 Å². The molecule has 0 spiro atoms. The first-order valence-corrected chi connectivity index (χ1v) is 10.4. The van der Waals surface area contributed by atoms with Crippen LogP contribution >= 0.6 is 0 Å². The van der Waals surface area contributed by atoms with Gasteiger partial charge in [0.2, 0.25) is 0 Å². The zero-order valence-corrected chi connectivity index (χ0v) is 17.0. The first-order valence-electron chi connectivity index (χ1n) is 10.4. The summed E-state index contributed by atoms with van der Waals surface area (Å²) in [7, 11) is 1.66. The maximum Gasteiger partial charge on any atom is 0.302 e. The third kappa shape index (κ3) is 19.6. The van der Waals surface area contributed by atoms with Gasteiger partial charge >= 0.3 is 5.97 Å². The average Bonchev–Trinajstić information content (AvgIpc) is 2.58. The first-order chi connectivity index (χ1) is 12.2. The van der Waals surface area contributed by atoms with Crippen LogP contribution in [-0.2, 0) is 19.0 Å². The van der Waals surface area contributed by atoms with Crippen molar-refractivity contribution < 1.29 is 19.0 Å². The Bertz CT molecular complexity index is 281. The smallest absolute Gasteiger partial charge is 0.302 e. The molecule has 4 nitrogen and oxygen atoms in total. The summed E-state index contributed by atoms with van der Waals surface area (Å²) in [6.07, 6.45) is 17.3. The lowest BCUT2D eigenvalue weighted by atomic mass is 10.0. The van der Waals surface area contributed by atoms with Crippen molar-refractivity contribution in [3.63, 3.8) is 0 Å². The molecule has 0 saturated carbocycles. The molecule has 0 unspecified atom stereocenters. The van der Waals surface area contributed by atoms with Crippen LogP contribution in [-0.4, -0.2) is 32.6 Å². The quantitative estimate of drug-likeness (QED) is 0.161. The molecule has 25 heavy (non-hydrogen) atoms. The van der Waals surface area contributed by atoms with E-state index in [-0.39, 0.29) is 12.1 Å². The van der Waals surface area contributed by atoms with Gasteiger partial charge in [0.1, 0.15) is 12.9 Å². The summed E-state index contributed by atoms with van der Waals surface area (Å²) < 4.78 is 15.6. The Kier molecular flexibility index (Phi) is 19.2. The molecule has 0 amide bonds. The van der Waals surface area contributed by atoms with Gasteiger partial charge in [-0.25, -0.2) is 0 Å². The SMILES string of the molecule is CCCCC[C@H](CCCCCCCCCCCOCOC)OC(C)=O. The van der Waals surface area contributed by atoms with Gasteiger partial charge in [-0.05, 0) is 32.1 Å². The second-order valence-corrected chi connectivity index (χ2v) is 7.01. The Morgan fingerprint density at radius 3 is 1.84 bits per heavy atom. The minimum Gasteiger partial charge on any atom is -0.463 e. The molecule has 0 aromatic rings. The molecule has 0 aliphatic carbocycles. The van der Waals surface area contributed by atoms with Crippen molar-refractivity contribution in [1.82, 2.24) is 0 Å². The molecule has 0 heterocycles. The lowest BCUT2D eigenvalue weighted by Gasteiger charge is -2.16. The third-order valence-corrected chi connectivity index (χ3v) is 4.48. The number of esters is 1. The summed E-state index contributed by atoms with van der Waals surface area (Å²) in [5.74, 6) is -0.130. The summed E-state index contributed by atoms with van der Waals surface area (Å²) in [4.78, 5) is 11.2. The van der Waals surface area contributed by atoms with Crippen LogP contribution in [0.3, 0.4) is 0 Å². The second kappa shape index (κ2) is 19.7. The Labute approximate surface area is 156 Å². The Morgan fingerprint density at radius 1 is 0.800 bits per heavy atom. The van der Waals surface area contributed by atoms with Gasteiger partial charge in [0.15, 0.2) is 0 Å². The normalized spacial score (nSPS) is 12.3. The maximum atomic E-state index is 11.2. The third-order valence-electron chi connectivity index (χ3n) is 4.48. The van der Waals surface area contributed by atoms with Crippen LogP contribution in [0.5, 0.6) is 0 Å². The zero-order valence-electron chi connectivity index (χ0n) is 17.0. The fourth-order valence-corrected chi connectivity index (χ4v) is 3.07. The van der Waals surface area contributed by atoms with Crippen LogP contribution in [0.1, 0.15) is 104 Å². The van der Waals surface area contributed by atoms with Crippen molar-refractivity contribution in [2.24, 2.45) is 0 Å². The maximum absolute atomic E-state index is 11.2. The van der Waals surface area contributed by atoms with Crippen molar-refractivity contribution in [3.05, 3.63) is 0 Å². The highest BCUT2D eigenvalue weighted by molar-refractivity contribution is 5.66. The molecule has 0 radical (unpaired) electrons. The molecular formula is C21H42O4. The van der Waals surface area contributed by atoms with E-state index in [2.05, 4.69) is 6.92 Å². The Hall–Kier alpha value is -0.610. The van der Waals surface area contributed by atoms with Crippen LogP contribution < -0.4 is 0 Å². The molecule has 1 atom stereocenters. The van der Waals surface area contributed by atoms with Crippen molar-refractivity contribution in [3.8, 4) is 0 Å². The van der Waals surface area contributed by atoms with Crippen LogP contribution in [0.25, 0.3) is 0 Å². The van der Waals surface area contributed by atoms with Crippen molar-refractivity contribution in [1.29, 1.82) is 0 Å². The Balaban J connectivity index is 3.39. The highest BCUT2D eigenvalue weighted by atomic mass is 16.7. The summed E-state index contributed by atoms with van der Waals surface area (Å²) >= 11 is 0. The van der Waals surface area contributed by atoms with E-state index in [4.69, 9.17) is 14.2 Å². The first kappa shape index (κ1) is 24.4. The van der Waals surface area contributed by atoms with Gasteiger partial charge in [-0.2, -0.15) is 0 Å². The van der Waals surface area contributed by atoms with Crippen molar-refractivity contribution >= 4 is 5.97 Å². The van der Waals surface area contributed by atoms with Crippen LogP contribution in [0.2, 0.25) is 0 Å². The minimum absolute atomic E-state index is 0.130. The van der Waals surface area contributed by atoms with Gasteiger partial charge in [-0.15, -0.1) is 0 Å². The highest BCUT2D eigenvalue weighted by Crippen LogP contribution is 2.16. The molecular weight excluding hydrogens is 316 g/mol. The van der Waals surface area contributed by atoms with E-state index in [9.17, 15) is 4.79 Å². The average molecular weight is 359 g/mol. The predicted molar refractivity (Wildman–Crippen MR) is 104 cm³/mol. The summed E-state index contributed by atoms with van der Waals surface area (Å²) in [6.45, 7) is 4.96. The van der Waals surface area contributed by atoms with Crippen LogP contribution in [0, 0.1) is 0 Å². The van der Waals surface area contributed by atoms with Gasteiger partial charge in [0, 0.05) is 20.6 Å². The van der Waals surface area contributed by atoms with E-state index >= 15 is 0 Å². The Morgan fingerprint density at radius 2 is 1.32 bits per heavy atom. The van der Waals surface area contributed by atoms with Crippen molar-refractivity contribution in [2.45, 2.75) is 110 Å². The van der Waals surface area contributed by atoms with Crippen LogP contribution in [0.15, 0.2) is 0 Å². The number of hydrogen-bond acceptors (Lipinski definition) is 4. The molecule has 0 saturated heterocycles. The second-order valence-electron chi connectivity index (χ2n) is 7.01. The molecule has 0 aliphatic heterocycles. The number of unbranched alkanes of at least 4 members (excludes halogenated alkanes) is 10. The van der Waals surface area contributed by atoms with E-state index in [1.165, 1.54) is 77.6 Å². The number of carbonyl (C=O) groups excluding carboxylic acids is 1. The molecule has 0 rings (SSSR count). The highest BCUT2D eigenvalue weighted by Gasteiger charge is 2.11. The largest absolute Gasteiger partial charge is 0.463 e. The number of methoxy groups -OCH3 is 1. The van der Waals surface area contributed by atoms with E-state index in [0.29, 0.717) is 6.79 Å².